The number of allylic oxidation sites excluding steroid dienone is 2. The molecule has 0 saturated heterocycles. The van der Waals surface area contributed by atoms with Crippen molar-refractivity contribution in [2.24, 2.45) is 17.3 Å². The van der Waals surface area contributed by atoms with E-state index in [1.165, 1.54) is 0 Å². The fraction of sp³-hybridized carbons (Fsp3) is 0.750. The van der Waals surface area contributed by atoms with E-state index < -0.39 is 11.4 Å². The van der Waals surface area contributed by atoms with Gasteiger partial charge in [-0.15, -0.1) is 0 Å². The molecular formula is C16H26O4. The van der Waals surface area contributed by atoms with Crippen LogP contribution in [-0.4, -0.2) is 31.6 Å². The van der Waals surface area contributed by atoms with Crippen LogP contribution in [0.5, 0.6) is 0 Å². The molecule has 0 saturated carbocycles. The lowest BCUT2D eigenvalue weighted by Gasteiger charge is -2.26. The molecule has 0 fully saturated rings. The maximum absolute atomic E-state index is 12.1. The number of hydrogen-bond donors (Lipinski definition) is 0. The molecule has 0 aliphatic heterocycles. The monoisotopic (exact) mass is 282 g/mol. The molecule has 0 bridgehead atoms. The second-order valence-electron chi connectivity index (χ2n) is 5.96. The third-order valence-electron chi connectivity index (χ3n) is 3.97. The summed E-state index contributed by atoms with van der Waals surface area (Å²) in [6, 6.07) is 0. The summed E-state index contributed by atoms with van der Waals surface area (Å²) >= 11 is 0. The maximum Gasteiger partial charge on any atom is 0.319 e. The third kappa shape index (κ3) is 4.44. The van der Waals surface area contributed by atoms with E-state index in [0.717, 1.165) is 12.8 Å². The Kier molecular flexibility index (Phi) is 6.40. The van der Waals surface area contributed by atoms with E-state index in [9.17, 15) is 9.59 Å². The molecule has 0 heterocycles. The van der Waals surface area contributed by atoms with Crippen molar-refractivity contribution in [3.8, 4) is 0 Å². The first-order valence-electron chi connectivity index (χ1n) is 7.32. The maximum atomic E-state index is 12.1. The van der Waals surface area contributed by atoms with Gasteiger partial charge in [-0.1, -0.05) is 19.1 Å². The van der Waals surface area contributed by atoms with E-state index in [2.05, 4.69) is 19.1 Å². The van der Waals surface area contributed by atoms with Gasteiger partial charge in [-0.05, 0) is 45.4 Å². The number of carbonyl (C=O) groups excluding carboxylic acids is 2. The van der Waals surface area contributed by atoms with E-state index >= 15 is 0 Å². The summed E-state index contributed by atoms with van der Waals surface area (Å²) < 4.78 is 10.4. The summed E-state index contributed by atoms with van der Waals surface area (Å²) in [6.07, 6.45) is 6.42. The Bertz CT molecular complexity index is 371. The Morgan fingerprint density at radius 2 is 1.90 bits per heavy atom. The minimum absolute atomic E-state index is 0.0290. The quantitative estimate of drug-likeness (QED) is 0.409. The van der Waals surface area contributed by atoms with Gasteiger partial charge in [0.2, 0.25) is 0 Å². The molecule has 0 aromatic heterocycles. The number of ketones is 1. The number of ether oxygens (including phenoxy) is 2. The number of carbonyl (C=O) groups is 2. The van der Waals surface area contributed by atoms with E-state index in [-0.39, 0.29) is 19.0 Å². The molecule has 2 unspecified atom stereocenters. The SMILES string of the molecule is CCOC(=O)C(C)(C)C(=O)COCC1CC=CCC1C. The molecule has 20 heavy (non-hydrogen) atoms. The van der Waals surface area contributed by atoms with Gasteiger partial charge in [0.25, 0.3) is 0 Å². The van der Waals surface area contributed by atoms with Crippen LogP contribution in [0.15, 0.2) is 12.2 Å². The van der Waals surface area contributed by atoms with Gasteiger partial charge in [-0.3, -0.25) is 9.59 Å². The average Bonchev–Trinajstić information content (AvgIpc) is 2.41. The predicted molar refractivity (Wildman–Crippen MR) is 77.3 cm³/mol. The molecule has 2 atom stereocenters. The second-order valence-corrected chi connectivity index (χ2v) is 5.96. The number of hydrogen-bond acceptors (Lipinski definition) is 4. The molecule has 1 aliphatic rings. The Balaban J connectivity index is 2.39. The van der Waals surface area contributed by atoms with Gasteiger partial charge < -0.3 is 9.47 Å². The topological polar surface area (TPSA) is 52.6 Å². The van der Waals surface area contributed by atoms with Crippen molar-refractivity contribution in [2.45, 2.75) is 40.5 Å². The van der Waals surface area contributed by atoms with Crippen LogP contribution >= 0.6 is 0 Å². The largest absolute Gasteiger partial charge is 0.465 e. The normalized spacial score (nSPS) is 22.6. The van der Waals surface area contributed by atoms with Crippen LogP contribution in [0.2, 0.25) is 0 Å². The van der Waals surface area contributed by atoms with Crippen molar-refractivity contribution in [1.29, 1.82) is 0 Å². The first-order valence-corrected chi connectivity index (χ1v) is 7.32. The summed E-state index contributed by atoms with van der Waals surface area (Å²) in [5.74, 6) is 0.323. The first-order chi connectivity index (χ1) is 9.39. The fourth-order valence-corrected chi connectivity index (χ4v) is 2.15. The van der Waals surface area contributed by atoms with Gasteiger partial charge in [0.15, 0.2) is 5.78 Å². The van der Waals surface area contributed by atoms with Gasteiger partial charge >= 0.3 is 5.97 Å². The Morgan fingerprint density at radius 1 is 1.25 bits per heavy atom. The van der Waals surface area contributed by atoms with Crippen molar-refractivity contribution in [2.75, 3.05) is 19.8 Å². The smallest absolute Gasteiger partial charge is 0.319 e. The predicted octanol–water partition coefficient (Wildman–Crippen LogP) is 2.76. The fourth-order valence-electron chi connectivity index (χ4n) is 2.15. The van der Waals surface area contributed by atoms with E-state index in [1.807, 2.05) is 0 Å². The van der Waals surface area contributed by atoms with Crippen molar-refractivity contribution >= 4 is 11.8 Å². The molecular weight excluding hydrogens is 256 g/mol. The highest BCUT2D eigenvalue weighted by atomic mass is 16.5. The van der Waals surface area contributed by atoms with Gasteiger partial charge in [-0.2, -0.15) is 0 Å². The zero-order valence-electron chi connectivity index (χ0n) is 13.0. The highest BCUT2D eigenvalue weighted by Crippen LogP contribution is 2.25. The second kappa shape index (κ2) is 7.58. The standard InChI is InChI=1S/C16H26O4/c1-5-20-15(18)16(3,4)14(17)11-19-10-13-9-7-6-8-12(13)2/h6-7,12-13H,5,8-11H2,1-4H3. The first kappa shape index (κ1) is 16.9. The summed E-state index contributed by atoms with van der Waals surface area (Å²) in [5.41, 5.74) is -1.13. The highest BCUT2D eigenvalue weighted by molar-refractivity contribution is 6.03. The number of Topliss-reactive ketones (excluding diaryl/α,β-unsaturated/α-hetero) is 1. The highest BCUT2D eigenvalue weighted by Gasteiger charge is 2.37. The lowest BCUT2D eigenvalue weighted by atomic mass is 9.85. The minimum atomic E-state index is -1.13. The molecule has 0 aromatic carbocycles. The van der Waals surface area contributed by atoms with Crippen molar-refractivity contribution in [3.05, 3.63) is 12.2 Å². The Labute approximate surface area is 121 Å². The van der Waals surface area contributed by atoms with Gasteiger partial charge in [0.1, 0.15) is 12.0 Å². The van der Waals surface area contributed by atoms with Gasteiger partial charge in [0.05, 0.1) is 13.2 Å². The molecule has 114 valence electrons. The molecule has 1 rings (SSSR count). The van der Waals surface area contributed by atoms with Crippen molar-refractivity contribution in [1.82, 2.24) is 0 Å². The molecule has 0 spiro atoms. The number of esters is 1. The van der Waals surface area contributed by atoms with Crippen LogP contribution in [0.25, 0.3) is 0 Å². The lowest BCUT2D eigenvalue weighted by molar-refractivity contribution is -0.159. The zero-order valence-corrected chi connectivity index (χ0v) is 13.0. The summed E-state index contributed by atoms with van der Waals surface area (Å²) in [5, 5.41) is 0. The van der Waals surface area contributed by atoms with Crippen LogP contribution in [-0.2, 0) is 19.1 Å². The summed E-state index contributed by atoms with van der Waals surface area (Å²) in [6.45, 7) is 7.91. The molecule has 4 heteroatoms. The van der Waals surface area contributed by atoms with Crippen LogP contribution in [0.1, 0.15) is 40.5 Å². The van der Waals surface area contributed by atoms with E-state index in [4.69, 9.17) is 9.47 Å². The summed E-state index contributed by atoms with van der Waals surface area (Å²) in [4.78, 5) is 23.8. The Morgan fingerprint density at radius 3 is 2.50 bits per heavy atom. The van der Waals surface area contributed by atoms with E-state index in [1.54, 1.807) is 20.8 Å². The molecule has 0 amide bonds. The van der Waals surface area contributed by atoms with Crippen LogP contribution in [0, 0.1) is 17.3 Å². The average molecular weight is 282 g/mol. The number of rotatable bonds is 7. The van der Waals surface area contributed by atoms with Gasteiger partial charge in [0, 0.05) is 0 Å². The van der Waals surface area contributed by atoms with Crippen LogP contribution in [0.3, 0.4) is 0 Å². The van der Waals surface area contributed by atoms with Crippen LogP contribution < -0.4 is 0 Å². The molecule has 0 N–H and O–H groups in total. The minimum Gasteiger partial charge on any atom is -0.465 e. The lowest BCUT2D eigenvalue weighted by Crippen LogP contribution is -2.38. The Hall–Kier alpha value is -1.16. The molecule has 0 aromatic rings. The zero-order chi connectivity index (χ0) is 15.2. The van der Waals surface area contributed by atoms with Crippen molar-refractivity contribution < 1.29 is 19.1 Å². The van der Waals surface area contributed by atoms with Gasteiger partial charge in [-0.25, -0.2) is 0 Å². The summed E-state index contributed by atoms with van der Waals surface area (Å²) in [7, 11) is 0. The molecule has 1 aliphatic carbocycles. The van der Waals surface area contributed by atoms with E-state index in [0.29, 0.717) is 18.4 Å². The third-order valence-corrected chi connectivity index (χ3v) is 3.97. The molecule has 0 radical (unpaired) electrons. The van der Waals surface area contributed by atoms with Crippen LogP contribution in [0.4, 0.5) is 0 Å². The molecule has 4 nitrogen and oxygen atoms in total. The van der Waals surface area contributed by atoms with Crippen molar-refractivity contribution in [3.63, 3.8) is 0 Å².